The zero-order valence-corrected chi connectivity index (χ0v) is 11.2. The second-order valence-corrected chi connectivity index (χ2v) is 5.41. The Morgan fingerprint density at radius 2 is 2.11 bits per heavy atom. The molecule has 18 heavy (non-hydrogen) atoms. The normalized spacial score (nSPS) is 24.4. The van der Waals surface area contributed by atoms with Gasteiger partial charge in [-0.1, -0.05) is 25.1 Å². The van der Waals surface area contributed by atoms with Gasteiger partial charge in [-0.15, -0.1) is 0 Å². The van der Waals surface area contributed by atoms with Gasteiger partial charge in [-0.05, 0) is 37.3 Å². The van der Waals surface area contributed by atoms with E-state index in [2.05, 4.69) is 12.2 Å². The highest BCUT2D eigenvalue weighted by Gasteiger charge is 2.25. The maximum absolute atomic E-state index is 9.85. The number of hydrogen-bond acceptors (Lipinski definition) is 3. The van der Waals surface area contributed by atoms with Crippen LogP contribution in [0.2, 0.25) is 0 Å². The third-order valence-electron chi connectivity index (χ3n) is 3.54. The van der Waals surface area contributed by atoms with Crippen molar-refractivity contribution in [2.75, 3.05) is 13.2 Å². The fourth-order valence-electron chi connectivity index (χ4n) is 2.34. The van der Waals surface area contributed by atoms with Crippen molar-refractivity contribution in [3.63, 3.8) is 0 Å². The summed E-state index contributed by atoms with van der Waals surface area (Å²) in [5, 5.41) is 13.2. The number of rotatable bonds is 6. The molecule has 0 saturated heterocycles. The summed E-state index contributed by atoms with van der Waals surface area (Å²) < 4.78 is 5.61. The van der Waals surface area contributed by atoms with Gasteiger partial charge in [-0.3, -0.25) is 0 Å². The largest absolute Gasteiger partial charge is 0.491 e. The van der Waals surface area contributed by atoms with Crippen LogP contribution in [0.5, 0.6) is 5.75 Å². The number of hydrogen-bond donors (Lipinski definition) is 2. The molecule has 0 heterocycles. The average molecular weight is 249 g/mol. The summed E-state index contributed by atoms with van der Waals surface area (Å²) in [5.41, 5.74) is 1.10. The Bertz CT molecular complexity index is 375. The minimum atomic E-state index is -0.444. The maximum Gasteiger partial charge on any atom is 0.122 e. The fourth-order valence-corrected chi connectivity index (χ4v) is 2.34. The fraction of sp³-hybridized carbons (Fsp3) is 0.600. The van der Waals surface area contributed by atoms with Crippen LogP contribution in [0.15, 0.2) is 24.3 Å². The lowest BCUT2D eigenvalue weighted by Crippen LogP contribution is -2.44. The highest BCUT2D eigenvalue weighted by molar-refractivity contribution is 5.31. The molecule has 3 heteroatoms. The summed E-state index contributed by atoms with van der Waals surface area (Å²) >= 11 is 0. The van der Waals surface area contributed by atoms with Crippen molar-refractivity contribution >= 4 is 0 Å². The second kappa shape index (κ2) is 6.21. The van der Waals surface area contributed by atoms with Crippen LogP contribution in [0.1, 0.15) is 25.3 Å². The summed E-state index contributed by atoms with van der Waals surface area (Å²) in [6, 6.07) is 8.47. The Kier molecular flexibility index (Phi) is 4.61. The molecule has 1 fully saturated rings. The number of nitrogens with one attached hydrogen (secondary N) is 1. The third-order valence-corrected chi connectivity index (χ3v) is 3.54. The zero-order valence-electron chi connectivity index (χ0n) is 11.2. The van der Waals surface area contributed by atoms with Crippen LogP contribution < -0.4 is 10.1 Å². The predicted molar refractivity (Wildman–Crippen MR) is 72.9 cm³/mol. The first-order valence-electron chi connectivity index (χ1n) is 6.75. The van der Waals surface area contributed by atoms with E-state index in [9.17, 15) is 5.11 Å². The van der Waals surface area contributed by atoms with Gasteiger partial charge in [0.2, 0.25) is 0 Å². The van der Waals surface area contributed by atoms with Gasteiger partial charge in [0.05, 0.1) is 0 Å². The van der Waals surface area contributed by atoms with Crippen molar-refractivity contribution in [3.05, 3.63) is 29.8 Å². The predicted octanol–water partition coefficient (Wildman–Crippen LogP) is 2.12. The van der Waals surface area contributed by atoms with Crippen molar-refractivity contribution < 1.29 is 9.84 Å². The van der Waals surface area contributed by atoms with Crippen molar-refractivity contribution in [1.29, 1.82) is 0 Å². The number of aliphatic hydroxyl groups excluding tert-OH is 1. The summed E-state index contributed by atoms with van der Waals surface area (Å²) in [6.07, 6.45) is 2.01. The molecule has 0 radical (unpaired) electrons. The number of aryl methyl sites for hydroxylation is 1. The van der Waals surface area contributed by atoms with Gasteiger partial charge in [0.1, 0.15) is 18.5 Å². The van der Waals surface area contributed by atoms with Gasteiger partial charge in [-0.2, -0.15) is 0 Å². The number of ether oxygens (including phenoxy) is 1. The van der Waals surface area contributed by atoms with Crippen LogP contribution >= 0.6 is 0 Å². The molecular formula is C15H23NO2. The molecule has 0 amide bonds. The monoisotopic (exact) mass is 249 g/mol. The maximum atomic E-state index is 9.85. The minimum Gasteiger partial charge on any atom is -0.491 e. The number of aliphatic hydroxyl groups is 1. The van der Waals surface area contributed by atoms with Crippen molar-refractivity contribution in [3.8, 4) is 5.75 Å². The van der Waals surface area contributed by atoms with Crippen molar-refractivity contribution in [1.82, 2.24) is 5.32 Å². The highest BCUT2D eigenvalue weighted by atomic mass is 16.5. The highest BCUT2D eigenvalue weighted by Crippen LogP contribution is 2.26. The molecule has 1 unspecified atom stereocenters. The first kappa shape index (κ1) is 13.4. The van der Waals surface area contributed by atoms with E-state index in [0.717, 1.165) is 17.2 Å². The Morgan fingerprint density at radius 1 is 1.39 bits per heavy atom. The van der Waals surface area contributed by atoms with E-state index in [4.69, 9.17) is 4.74 Å². The van der Waals surface area contributed by atoms with E-state index in [1.807, 2.05) is 31.2 Å². The molecule has 0 aliphatic heterocycles. The van der Waals surface area contributed by atoms with E-state index >= 15 is 0 Å². The second-order valence-electron chi connectivity index (χ2n) is 5.41. The standard InChI is InChI=1S/C15H23NO2/c1-11-7-13(8-11)16-9-14(17)10-18-15-6-4-3-5-12(15)2/h3-6,11,13-14,16-17H,7-10H2,1-2H3. The molecule has 1 atom stereocenters. The zero-order chi connectivity index (χ0) is 13.0. The quantitative estimate of drug-likeness (QED) is 0.811. The summed E-state index contributed by atoms with van der Waals surface area (Å²) in [7, 11) is 0. The van der Waals surface area contributed by atoms with E-state index in [1.165, 1.54) is 12.8 Å². The molecule has 1 aliphatic rings. The van der Waals surface area contributed by atoms with Crippen molar-refractivity contribution in [2.24, 2.45) is 5.92 Å². The molecule has 1 aromatic rings. The SMILES string of the molecule is Cc1ccccc1OCC(O)CNC1CC(C)C1. The molecule has 2 rings (SSSR count). The van der Waals surface area contributed by atoms with Crippen LogP contribution in [-0.2, 0) is 0 Å². The van der Waals surface area contributed by atoms with E-state index in [1.54, 1.807) is 0 Å². The molecule has 1 aliphatic carbocycles. The van der Waals surface area contributed by atoms with Gasteiger partial charge < -0.3 is 15.2 Å². The molecule has 0 spiro atoms. The smallest absolute Gasteiger partial charge is 0.122 e. The van der Waals surface area contributed by atoms with Crippen molar-refractivity contribution in [2.45, 2.75) is 38.8 Å². The molecule has 1 aromatic carbocycles. The van der Waals surface area contributed by atoms with Gasteiger partial charge in [0.25, 0.3) is 0 Å². The average Bonchev–Trinajstić information content (AvgIpc) is 2.32. The van der Waals surface area contributed by atoms with Crippen LogP contribution in [0, 0.1) is 12.8 Å². The van der Waals surface area contributed by atoms with E-state index < -0.39 is 6.10 Å². The Balaban J connectivity index is 1.65. The topological polar surface area (TPSA) is 41.5 Å². The van der Waals surface area contributed by atoms with Gasteiger partial charge in [-0.25, -0.2) is 0 Å². The van der Waals surface area contributed by atoms with E-state index in [0.29, 0.717) is 19.2 Å². The molecule has 2 N–H and O–H groups in total. The lowest BCUT2D eigenvalue weighted by atomic mass is 9.82. The van der Waals surface area contributed by atoms with Gasteiger partial charge >= 0.3 is 0 Å². The van der Waals surface area contributed by atoms with Crippen LogP contribution in [-0.4, -0.2) is 30.4 Å². The molecule has 0 aromatic heterocycles. The lowest BCUT2D eigenvalue weighted by molar-refractivity contribution is 0.0952. The van der Waals surface area contributed by atoms with Crippen LogP contribution in [0.4, 0.5) is 0 Å². The van der Waals surface area contributed by atoms with Gasteiger partial charge in [0, 0.05) is 12.6 Å². The Morgan fingerprint density at radius 3 is 2.78 bits per heavy atom. The molecule has 3 nitrogen and oxygen atoms in total. The Labute approximate surface area is 109 Å². The third kappa shape index (κ3) is 3.72. The summed E-state index contributed by atoms with van der Waals surface area (Å²) in [5.74, 6) is 1.69. The lowest BCUT2D eigenvalue weighted by Gasteiger charge is -2.34. The molecular weight excluding hydrogens is 226 g/mol. The molecule has 100 valence electrons. The first-order chi connectivity index (χ1) is 8.65. The summed E-state index contributed by atoms with van der Waals surface area (Å²) in [4.78, 5) is 0. The summed E-state index contributed by atoms with van der Waals surface area (Å²) in [6.45, 7) is 5.23. The Hall–Kier alpha value is -1.06. The molecule has 0 bridgehead atoms. The van der Waals surface area contributed by atoms with E-state index in [-0.39, 0.29) is 0 Å². The first-order valence-corrected chi connectivity index (χ1v) is 6.75. The van der Waals surface area contributed by atoms with Crippen LogP contribution in [0.25, 0.3) is 0 Å². The molecule has 1 saturated carbocycles. The van der Waals surface area contributed by atoms with Gasteiger partial charge in [0.15, 0.2) is 0 Å². The minimum absolute atomic E-state index is 0.347. The van der Waals surface area contributed by atoms with Crippen LogP contribution in [0.3, 0.4) is 0 Å². The number of para-hydroxylation sites is 1. The number of benzene rings is 1.